The van der Waals surface area contributed by atoms with Gasteiger partial charge in [-0.3, -0.25) is 9.82 Å². The molecule has 1 aromatic heterocycles. The summed E-state index contributed by atoms with van der Waals surface area (Å²) in [4.78, 5) is 0.197. The largest absolute Gasteiger partial charge is 0.382 e. The minimum Gasteiger partial charge on any atom is -0.382 e. The number of nitrogens with one attached hydrogen (secondary N) is 2. The Morgan fingerprint density at radius 3 is 2.42 bits per heavy atom. The van der Waals surface area contributed by atoms with E-state index in [2.05, 4.69) is 14.9 Å². The van der Waals surface area contributed by atoms with Crippen molar-refractivity contribution in [1.29, 1.82) is 0 Å². The molecule has 6 nitrogen and oxygen atoms in total. The van der Waals surface area contributed by atoms with Crippen LogP contribution < -0.4 is 10.5 Å². The summed E-state index contributed by atoms with van der Waals surface area (Å²) in [6, 6.07) is 22.3. The SMILES string of the molecule is Nc1n[nH]c2c(F)c(-c3ccc(NS(=O)(=O)c4cccc5ccccc45)cc3)ccc12. The van der Waals surface area contributed by atoms with Crippen LogP contribution in [0.4, 0.5) is 15.9 Å². The fourth-order valence-electron chi connectivity index (χ4n) is 3.66. The van der Waals surface area contributed by atoms with Gasteiger partial charge in [0.05, 0.1) is 4.90 Å². The van der Waals surface area contributed by atoms with Crippen molar-refractivity contribution in [2.24, 2.45) is 0 Å². The first kappa shape index (κ1) is 19.1. The van der Waals surface area contributed by atoms with Gasteiger partial charge in [0.15, 0.2) is 11.6 Å². The maximum atomic E-state index is 14.9. The molecule has 5 aromatic rings. The first-order valence-corrected chi connectivity index (χ1v) is 11.0. The molecule has 0 spiro atoms. The number of benzene rings is 4. The summed E-state index contributed by atoms with van der Waals surface area (Å²) < 4.78 is 43.4. The third kappa shape index (κ3) is 3.27. The fourth-order valence-corrected chi connectivity index (χ4v) is 4.95. The number of aromatic nitrogens is 2. The molecule has 0 aliphatic rings. The number of sulfonamides is 1. The van der Waals surface area contributed by atoms with Gasteiger partial charge >= 0.3 is 0 Å². The van der Waals surface area contributed by atoms with Gasteiger partial charge in [-0.1, -0.05) is 54.6 Å². The highest BCUT2D eigenvalue weighted by molar-refractivity contribution is 7.93. The molecule has 0 amide bonds. The lowest BCUT2D eigenvalue weighted by molar-refractivity contribution is 0.602. The van der Waals surface area contributed by atoms with E-state index in [0.717, 1.165) is 5.39 Å². The van der Waals surface area contributed by atoms with Gasteiger partial charge in [0.1, 0.15) is 5.52 Å². The Balaban J connectivity index is 1.47. The van der Waals surface area contributed by atoms with Gasteiger partial charge in [-0.25, -0.2) is 12.8 Å². The summed E-state index contributed by atoms with van der Waals surface area (Å²) in [6.45, 7) is 0. The zero-order chi connectivity index (χ0) is 21.6. The number of hydrogen-bond donors (Lipinski definition) is 3. The van der Waals surface area contributed by atoms with E-state index in [1.54, 1.807) is 60.7 Å². The molecule has 8 heteroatoms. The molecule has 0 fully saturated rings. The average molecular weight is 432 g/mol. The highest BCUT2D eigenvalue weighted by Gasteiger charge is 2.18. The zero-order valence-electron chi connectivity index (χ0n) is 16.1. The second kappa shape index (κ2) is 7.10. The van der Waals surface area contributed by atoms with E-state index in [0.29, 0.717) is 27.6 Å². The number of nitrogen functional groups attached to an aromatic ring is 1. The van der Waals surface area contributed by atoms with Crippen LogP contribution in [-0.4, -0.2) is 18.6 Å². The molecule has 0 saturated heterocycles. The number of nitrogens with zero attached hydrogens (tertiary/aromatic N) is 1. The molecule has 4 aromatic carbocycles. The molecule has 5 rings (SSSR count). The summed E-state index contributed by atoms with van der Waals surface area (Å²) >= 11 is 0. The molecule has 4 N–H and O–H groups in total. The number of hydrogen-bond acceptors (Lipinski definition) is 4. The highest BCUT2D eigenvalue weighted by atomic mass is 32.2. The standard InChI is InChI=1S/C23H17FN4O2S/c24-21-18(12-13-19-22(21)26-27-23(19)25)15-8-10-16(11-9-15)28-31(29,30)20-7-3-5-14-4-1-2-6-17(14)20/h1-13,28H,(H3,25,26,27). The van der Waals surface area contributed by atoms with Crippen molar-refractivity contribution in [3.8, 4) is 11.1 Å². The Morgan fingerprint density at radius 1 is 0.871 bits per heavy atom. The topological polar surface area (TPSA) is 101 Å². The predicted molar refractivity (Wildman–Crippen MR) is 121 cm³/mol. The minimum absolute atomic E-state index is 0.197. The minimum atomic E-state index is -3.80. The van der Waals surface area contributed by atoms with Crippen molar-refractivity contribution in [3.05, 3.63) is 84.7 Å². The van der Waals surface area contributed by atoms with Crippen molar-refractivity contribution in [1.82, 2.24) is 10.2 Å². The number of fused-ring (bicyclic) bond motifs is 2. The summed E-state index contributed by atoms with van der Waals surface area (Å²) in [7, 11) is -3.80. The Hall–Kier alpha value is -3.91. The fraction of sp³-hybridized carbons (Fsp3) is 0. The van der Waals surface area contributed by atoms with Gasteiger partial charge in [0.25, 0.3) is 10.0 Å². The van der Waals surface area contributed by atoms with Gasteiger partial charge in [0, 0.05) is 22.0 Å². The lowest BCUT2D eigenvalue weighted by Gasteiger charge is -2.11. The number of aromatic amines is 1. The Bertz CT molecular complexity index is 1540. The first-order chi connectivity index (χ1) is 14.9. The van der Waals surface area contributed by atoms with Gasteiger partial charge in [-0.05, 0) is 35.2 Å². The second-order valence-electron chi connectivity index (χ2n) is 7.12. The van der Waals surface area contributed by atoms with E-state index in [9.17, 15) is 12.8 Å². The third-order valence-corrected chi connectivity index (χ3v) is 6.63. The van der Waals surface area contributed by atoms with Crippen LogP contribution in [0.3, 0.4) is 0 Å². The normalized spacial score (nSPS) is 11.8. The molecule has 0 unspecified atom stereocenters. The molecular weight excluding hydrogens is 415 g/mol. The predicted octanol–water partition coefficient (Wildman–Crippen LogP) is 4.91. The van der Waals surface area contributed by atoms with Gasteiger partial charge in [-0.15, -0.1) is 0 Å². The number of anilines is 2. The quantitative estimate of drug-likeness (QED) is 0.376. The second-order valence-corrected chi connectivity index (χ2v) is 8.77. The van der Waals surface area contributed by atoms with Crippen LogP contribution >= 0.6 is 0 Å². The molecule has 154 valence electrons. The van der Waals surface area contributed by atoms with E-state index < -0.39 is 15.8 Å². The van der Waals surface area contributed by atoms with Crippen LogP contribution in [0.25, 0.3) is 32.8 Å². The van der Waals surface area contributed by atoms with E-state index in [1.807, 2.05) is 18.2 Å². The van der Waals surface area contributed by atoms with Crippen LogP contribution in [0.2, 0.25) is 0 Å². The van der Waals surface area contributed by atoms with Crippen LogP contribution in [-0.2, 0) is 10.0 Å². The number of nitrogens with two attached hydrogens (primary N) is 1. The van der Waals surface area contributed by atoms with Crippen molar-refractivity contribution in [3.63, 3.8) is 0 Å². The van der Waals surface area contributed by atoms with Crippen molar-refractivity contribution in [2.75, 3.05) is 10.5 Å². The third-order valence-electron chi connectivity index (χ3n) is 5.19. The number of rotatable bonds is 4. The Labute approximate surface area is 177 Å². The van der Waals surface area contributed by atoms with Crippen molar-refractivity contribution >= 4 is 43.2 Å². The van der Waals surface area contributed by atoms with Gasteiger partial charge < -0.3 is 5.73 Å². The molecule has 31 heavy (non-hydrogen) atoms. The van der Waals surface area contributed by atoms with E-state index in [4.69, 9.17) is 5.73 Å². The molecule has 1 heterocycles. The average Bonchev–Trinajstić information content (AvgIpc) is 3.16. The van der Waals surface area contributed by atoms with Gasteiger partial charge in [-0.2, -0.15) is 5.10 Å². The number of H-pyrrole nitrogens is 1. The number of halogens is 1. The zero-order valence-corrected chi connectivity index (χ0v) is 16.9. The summed E-state index contributed by atoms with van der Waals surface area (Å²) in [5.41, 5.74) is 7.29. The maximum Gasteiger partial charge on any atom is 0.262 e. The van der Waals surface area contributed by atoms with Crippen LogP contribution in [0.15, 0.2) is 83.8 Å². The van der Waals surface area contributed by atoms with Crippen molar-refractivity contribution in [2.45, 2.75) is 4.90 Å². The molecule has 0 aliphatic heterocycles. The van der Waals surface area contributed by atoms with E-state index in [1.165, 1.54) is 0 Å². The monoisotopic (exact) mass is 432 g/mol. The molecular formula is C23H17FN4O2S. The lowest BCUT2D eigenvalue weighted by Crippen LogP contribution is -2.13. The highest BCUT2D eigenvalue weighted by Crippen LogP contribution is 2.31. The smallest absolute Gasteiger partial charge is 0.262 e. The molecule has 0 saturated carbocycles. The first-order valence-electron chi connectivity index (χ1n) is 9.47. The Kier molecular flexibility index (Phi) is 4.37. The van der Waals surface area contributed by atoms with E-state index in [-0.39, 0.29) is 16.2 Å². The Morgan fingerprint density at radius 2 is 1.61 bits per heavy atom. The molecule has 0 bridgehead atoms. The van der Waals surface area contributed by atoms with E-state index >= 15 is 0 Å². The van der Waals surface area contributed by atoms with Crippen molar-refractivity contribution < 1.29 is 12.8 Å². The summed E-state index contributed by atoms with van der Waals surface area (Å²) in [5, 5.41) is 8.43. The van der Waals surface area contributed by atoms with Crippen LogP contribution in [0, 0.1) is 5.82 Å². The van der Waals surface area contributed by atoms with Gasteiger partial charge in [0.2, 0.25) is 0 Å². The summed E-state index contributed by atoms with van der Waals surface area (Å²) in [5.74, 6) is -0.232. The molecule has 0 aliphatic carbocycles. The molecule has 0 radical (unpaired) electrons. The summed E-state index contributed by atoms with van der Waals surface area (Å²) in [6.07, 6.45) is 0. The van der Waals surface area contributed by atoms with Crippen LogP contribution in [0.5, 0.6) is 0 Å². The molecule has 0 atom stereocenters. The maximum absolute atomic E-state index is 14.9. The van der Waals surface area contributed by atoms with Crippen LogP contribution in [0.1, 0.15) is 0 Å². The lowest BCUT2D eigenvalue weighted by atomic mass is 10.0.